The van der Waals surface area contributed by atoms with Crippen LogP contribution in [0.15, 0.2) is 46.8 Å². The zero-order chi connectivity index (χ0) is 26.9. The third-order valence-corrected chi connectivity index (χ3v) is 6.33. The quantitative estimate of drug-likeness (QED) is 0.0744. The first-order chi connectivity index (χ1) is 18.0. The van der Waals surface area contributed by atoms with Crippen LogP contribution in [0.2, 0.25) is 0 Å². The number of carbonyl (C=O) groups excluding carboxylic acids is 1. The number of anilines is 1. The zero-order valence-electron chi connectivity index (χ0n) is 23.1. The maximum Gasteiger partial charge on any atom is 0.202 e. The molecule has 0 saturated heterocycles. The van der Waals surface area contributed by atoms with E-state index in [9.17, 15) is 9.90 Å². The van der Waals surface area contributed by atoms with Gasteiger partial charge in [0.2, 0.25) is 5.76 Å². The van der Waals surface area contributed by atoms with Gasteiger partial charge in [-0.2, -0.15) is 0 Å². The molecule has 1 atom stereocenters. The molecule has 2 rings (SSSR count). The number of hydrogen-bond donors (Lipinski definition) is 3. The van der Waals surface area contributed by atoms with Crippen molar-refractivity contribution in [2.45, 2.75) is 71.8 Å². The van der Waals surface area contributed by atoms with Crippen molar-refractivity contribution in [3.63, 3.8) is 0 Å². The van der Waals surface area contributed by atoms with Crippen molar-refractivity contribution in [3.05, 3.63) is 53.1 Å². The Morgan fingerprint density at radius 2 is 2.16 bits per heavy atom. The fraction of sp³-hybridized carbons (Fsp3) is 0.586. The molecule has 37 heavy (non-hydrogen) atoms. The zero-order valence-corrected chi connectivity index (χ0v) is 23.1. The summed E-state index contributed by atoms with van der Waals surface area (Å²) in [4.78, 5) is 22.8. The second-order valence-electron chi connectivity index (χ2n) is 9.48. The van der Waals surface area contributed by atoms with Crippen LogP contribution in [0.4, 0.5) is 5.82 Å². The minimum atomic E-state index is -0.637. The third-order valence-electron chi connectivity index (χ3n) is 6.33. The van der Waals surface area contributed by atoms with Crippen LogP contribution in [-0.4, -0.2) is 72.7 Å². The highest BCUT2D eigenvalue weighted by Crippen LogP contribution is 2.20. The Balaban J connectivity index is 1.89. The van der Waals surface area contributed by atoms with E-state index < -0.39 is 6.04 Å². The van der Waals surface area contributed by atoms with E-state index in [2.05, 4.69) is 45.7 Å². The first-order valence-corrected chi connectivity index (χ1v) is 13.5. The fourth-order valence-corrected chi connectivity index (χ4v) is 4.18. The van der Waals surface area contributed by atoms with Crippen LogP contribution in [0.3, 0.4) is 0 Å². The minimum Gasteiger partial charge on any atom is -0.500 e. The van der Waals surface area contributed by atoms with Gasteiger partial charge in [-0.3, -0.25) is 4.99 Å². The maximum atomic E-state index is 11.2. The van der Waals surface area contributed by atoms with Gasteiger partial charge in [0.05, 0.1) is 12.4 Å². The monoisotopic (exact) mass is 511 g/mol. The lowest BCUT2D eigenvalue weighted by atomic mass is 10.1. The summed E-state index contributed by atoms with van der Waals surface area (Å²) < 4.78 is 5.30. The standard InChI is InChI=1S/C29H45N5O3/c1-5-6-10-23(2)21-31-24(3)32-27(28(36)22-35)15-18-34(19-20-37-4)17-8-7-12-26-14-13-25-11-9-16-30-29(25)33-26/h6,10,13-14,21,27,36H,5,7-9,11-12,15-20H2,1-4H3,(H,30,33)(H,31,32)/b10-6+,23-21-. The van der Waals surface area contributed by atoms with E-state index >= 15 is 0 Å². The third kappa shape index (κ3) is 11.8. The largest absolute Gasteiger partial charge is 0.500 e. The van der Waals surface area contributed by atoms with Crippen LogP contribution in [-0.2, 0) is 22.4 Å². The van der Waals surface area contributed by atoms with Gasteiger partial charge in [0, 0.05) is 38.6 Å². The number of rotatable bonds is 16. The number of amidine groups is 1. The molecule has 1 aliphatic rings. The second-order valence-corrected chi connectivity index (χ2v) is 9.48. The molecule has 0 spiro atoms. The number of ether oxygens (including phenoxy) is 1. The van der Waals surface area contributed by atoms with Crippen molar-refractivity contribution in [3.8, 4) is 0 Å². The molecular weight excluding hydrogens is 466 g/mol. The van der Waals surface area contributed by atoms with Gasteiger partial charge in [0.15, 0.2) is 5.94 Å². The van der Waals surface area contributed by atoms with E-state index in [1.165, 1.54) is 12.0 Å². The molecule has 1 aromatic heterocycles. The predicted octanol–water partition coefficient (Wildman–Crippen LogP) is 4.62. The number of allylic oxidation sites excluding steroid dienone is 3. The van der Waals surface area contributed by atoms with E-state index in [0.29, 0.717) is 25.4 Å². The van der Waals surface area contributed by atoms with Gasteiger partial charge in [-0.15, -0.1) is 0 Å². The number of aryl methyl sites for hydroxylation is 2. The van der Waals surface area contributed by atoms with E-state index in [0.717, 1.165) is 68.8 Å². The number of hydrogen-bond acceptors (Lipinski definition) is 7. The Morgan fingerprint density at radius 1 is 1.32 bits per heavy atom. The highest BCUT2D eigenvalue weighted by molar-refractivity contribution is 5.81. The molecule has 0 bridgehead atoms. The first kappa shape index (κ1) is 30.3. The van der Waals surface area contributed by atoms with E-state index in [1.54, 1.807) is 13.1 Å². The number of aliphatic imine (C=N–C) groups is 1. The molecular formula is C29H45N5O3. The van der Waals surface area contributed by atoms with E-state index in [1.807, 2.05) is 26.1 Å². The number of fused-ring (bicyclic) bond motifs is 1. The van der Waals surface area contributed by atoms with Gasteiger partial charge in [0.25, 0.3) is 0 Å². The summed E-state index contributed by atoms with van der Waals surface area (Å²) in [6.45, 7) is 9.90. The van der Waals surface area contributed by atoms with Crippen LogP contribution in [0.5, 0.6) is 0 Å². The molecule has 0 radical (unpaired) electrons. The smallest absolute Gasteiger partial charge is 0.202 e. The molecule has 204 valence electrons. The van der Waals surface area contributed by atoms with Crippen LogP contribution >= 0.6 is 0 Å². The van der Waals surface area contributed by atoms with E-state index in [-0.39, 0.29) is 5.76 Å². The normalized spacial score (nSPS) is 14.8. The van der Waals surface area contributed by atoms with Gasteiger partial charge < -0.3 is 25.4 Å². The molecule has 1 unspecified atom stereocenters. The van der Waals surface area contributed by atoms with Gasteiger partial charge in [-0.05, 0) is 82.5 Å². The van der Waals surface area contributed by atoms with Gasteiger partial charge in [0.1, 0.15) is 11.9 Å². The number of aliphatic hydroxyl groups excluding tert-OH is 1. The summed E-state index contributed by atoms with van der Waals surface area (Å²) in [5.74, 6) is 2.94. The Labute approximate surface area is 222 Å². The van der Waals surface area contributed by atoms with Crippen LogP contribution < -0.4 is 10.6 Å². The average molecular weight is 512 g/mol. The molecule has 8 nitrogen and oxygen atoms in total. The van der Waals surface area contributed by atoms with Gasteiger partial charge in [-0.1, -0.05) is 25.1 Å². The SMILES string of the molecule is CC/C=C/C(C)=C\NC(C)=NC(CCN(CCCCc1ccc2c(n1)NCCC2)CCOC)C(O)=C=O. The lowest BCUT2D eigenvalue weighted by Crippen LogP contribution is -2.32. The molecule has 0 aliphatic carbocycles. The summed E-state index contributed by atoms with van der Waals surface area (Å²) in [5.41, 5.74) is 3.51. The number of methoxy groups -OCH3 is 1. The molecule has 1 aliphatic heterocycles. The molecule has 0 amide bonds. The maximum absolute atomic E-state index is 11.2. The molecule has 1 aromatic rings. The summed E-state index contributed by atoms with van der Waals surface area (Å²) in [7, 11) is 1.70. The molecule has 0 fully saturated rings. The lowest BCUT2D eigenvalue weighted by molar-refractivity contribution is 0.144. The van der Waals surface area contributed by atoms with Crippen LogP contribution in [0.25, 0.3) is 0 Å². The van der Waals surface area contributed by atoms with Crippen molar-refractivity contribution in [1.29, 1.82) is 0 Å². The van der Waals surface area contributed by atoms with Crippen molar-refractivity contribution in [2.24, 2.45) is 4.99 Å². The molecule has 0 saturated carbocycles. The van der Waals surface area contributed by atoms with Crippen molar-refractivity contribution >= 4 is 17.6 Å². The highest BCUT2D eigenvalue weighted by atomic mass is 16.5. The van der Waals surface area contributed by atoms with Crippen LogP contribution in [0.1, 0.15) is 64.1 Å². The van der Waals surface area contributed by atoms with E-state index in [4.69, 9.17) is 9.72 Å². The van der Waals surface area contributed by atoms with Gasteiger partial charge >= 0.3 is 0 Å². The Hall–Kier alpha value is -2.93. The summed E-state index contributed by atoms with van der Waals surface area (Å²) in [6, 6.07) is 3.72. The average Bonchev–Trinajstić information content (AvgIpc) is 2.92. The molecule has 3 N–H and O–H groups in total. The number of nitrogens with one attached hydrogen (secondary N) is 2. The second kappa shape index (κ2) is 17.5. The Bertz CT molecular complexity index is 966. The molecule has 8 heteroatoms. The first-order valence-electron chi connectivity index (χ1n) is 13.5. The van der Waals surface area contributed by atoms with Crippen LogP contribution in [0, 0.1) is 0 Å². The summed E-state index contributed by atoms with van der Waals surface area (Å²) in [6.07, 6.45) is 12.7. The molecule has 2 heterocycles. The minimum absolute atomic E-state index is 0.369. The van der Waals surface area contributed by atoms with Crippen molar-refractivity contribution < 1.29 is 14.6 Å². The topological polar surface area (TPSA) is 99.1 Å². The Morgan fingerprint density at radius 3 is 2.92 bits per heavy atom. The summed E-state index contributed by atoms with van der Waals surface area (Å²) in [5, 5.41) is 16.7. The number of unbranched alkanes of at least 4 members (excludes halogenated alkanes) is 1. The summed E-state index contributed by atoms with van der Waals surface area (Å²) >= 11 is 0. The molecule has 0 aromatic carbocycles. The van der Waals surface area contributed by atoms with Crippen molar-refractivity contribution in [1.82, 2.24) is 15.2 Å². The fourth-order valence-electron chi connectivity index (χ4n) is 4.18. The predicted molar refractivity (Wildman–Crippen MR) is 152 cm³/mol. The van der Waals surface area contributed by atoms with Gasteiger partial charge in [-0.25, -0.2) is 9.78 Å². The number of nitrogens with zero attached hydrogens (tertiary/aromatic N) is 3. The lowest BCUT2D eigenvalue weighted by Gasteiger charge is -2.23. The Kier molecular flexibility index (Phi) is 14.3. The number of aliphatic hydroxyl groups is 1. The highest BCUT2D eigenvalue weighted by Gasteiger charge is 2.17. The number of aromatic nitrogens is 1. The number of pyridine rings is 1. The van der Waals surface area contributed by atoms with Crippen molar-refractivity contribution in [2.75, 3.05) is 45.2 Å².